The number of fused-ring (bicyclic) bond motifs is 2. The van der Waals surface area contributed by atoms with E-state index >= 15 is 0 Å². The molecular weight excluding hydrogens is 300 g/mol. The van der Waals surface area contributed by atoms with Gasteiger partial charge in [0, 0.05) is 5.69 Å². The predicted molar refractivity (Wildman–Crippen MR) is 86.1 cm³/mol. The molecule has 0 bridgehead atoms. The highest BCUT2D eigenvalue weighted by atomic mass is 32.2. The minimum atomic E-state index is -0.259. The molecule has 4 rings (SSSR count). The second-order valence-electron chi connectivity index (χ2n) is 4.92. The van der Waals surface area contributed by atoms with Crippen LogP contribution in [0.25, 0.3) is 22.1 Å². The van der Waals surface area contributed by atoms with E-state index in [1.165, 1.54) is 11.8 Å². The van der Waals surface area contributed by atoms with Gasteiger partial charge in [0.2, 0.25) is 5.95 Å². The number of hydrogen-bond acceptors (Lipinski definition) is 5. The lowest BCUT2D eigenvalue weighted by Crippen LogP contribution is -2.10. The number of aryl methyl sites for hydroxylation is 1. The third-order valence-electron chi connectivity index (χ3n) is 3.38. The SMILES string of the molecule is Cc1[nH]c2nc(N)[nH]c(=O)c2c1Sc1nc2ccccc2[nH]1. The van der Waals surface area contributed by atoms with E-state index in [9.17, 15) is 4.79 Å². The number of H-pyrrole nitrogens is 3. The van der Waals surface area contributed by atoms with Crippen molar-refractivity contribution in [2.24, 2.45) is 0 Å². The van der Waals surface area contributed by atoms with Gasteiger partial charge in [-0.2, -0.15) is 4.98 Å². The number of anilines is 1. The third-order valence-corrected chi connectivity index (χ3v) is 4.48. The van der Waals surface area contributed by atoms with Crippen molar-refractivity contribution in [2.75, 3.05) is 5.73 Å². The molecule has 0 saturated heterocycles. The van der Waals surface area contributed by atoms with Crippen LogP contribution in [-0.2, 0) is 0 Å². The first kappa shape index (κ1) is 13.0. The fraction of sp³-hybridized carbons (Fsp3) is 0.0714. The van der Waals surface area contributed by atoms with Crippen LogP contribution in [0, 0.1) is 6.92 Å². The number of hydrogen-bond donors (Lipinski definition) is 4. The number of imidazole rings is 1. The number of nitrogens with zero attached hydrogens (tertiary/aromatic N) is 2. The van der Waals surface area contributed by atoms with E-state index in [1.54, 1.807) is 0 Å². The molecular formula is C14H12N6OS. The molecule has 3 aromatic heterocycles. The van der Waals surface area contributed by atoms with Crippen LogP contribution in [0.3, 0.4) is 0 Å². The number of benzene rings is 1. The lowest BCUT2D eigenvalue weighted by molar-refractivity contribution is 1.08. The van der Waals surface area contributed by atoms with Crippen molar-refractivity contribution in [3.8, 4) is 0 Å². The quantitative estimate of drug-likeness (QED) is 0.452. The molecule has 110 valence electrons. The molecule has 0 aliphatic carbocycles. The van der Waals surface area contributed by atoms with Gasteiger partial charge in [-0.15, -0.1) is 0 Å². The van der Waals surface area contributed by atoms with Crippen LogP contribution in [0.4, 0.5) is 5.95 Å². The fourth-order valence-electron chi connectivity index (χ4n) is 2.42. The van der Waals surface area contributed by atoms with Crippen LogP contribution in [0.15, 0.2) is 39.1 Å². The summed E-state index contributed by atoms with van der Waals surface area (Å²) in [5.41, 5.74) is 8.50. The van der Waals surface area contributed by atoms with Crippen LogP contribution in [0.5, 0.6) is 0 Å². The molecule has 7 nitrogen and oxygen atoms in total. The standard InChI is InChI=1S/C14H12N6OS/c1-6-10(9-11(16-6)19-13(15)20-12(9)21)22-14-17-7-4-2-3-5-8(7)18-14/h2-5H,1H3,(H,17,18)(H4,15,16,19,20,21). The Bertz CT molecular complexity index is 1030. The maximum Gasteiger partial charge on any atom is 0.262 e. The molecule has 1 aromatic carbocycles. The number of rotatable bonds is 2. The Balaban J connectivity index is 1.87. The number of nitrogens with one attached hydrogen (secondary N) is 3. The number of aromatic amines is 3. The highest BCUT2D eigenvalue weighted by Gasteiger charge is 2.16. The first-order valence-electron chi connectivity index (χ1n) is 6.62. The van der Waals surface area contributed by atoms with Gasteiger partial charge in [-0.05, 0) is 30.8 Å². The summed E-state index contributed by atoms with van der Waals surface area (Å²) >= 11 is 1.40. The molecule has 0 unspecified atom stereocenters. The van der Waals surface area contributed by atoms with Gasteiger partial charge in [-0.1, -0.05) is 12.1 Å². The van der Waals surface area contributed by atoms with Crippen LogP contribution in [0.1, 0.15) is 5.69 Å². The van der Waals surface area contributed by atoms with E-state index in [1.807, 2.05) is 31.2 Å². The van der Waals surface area contributed by atoms with Crippen molar-refractivity contribution < 1.29 is 0 Å². The summed E-state index contributed by atoms with van der Waals surface area (Å²) < 4.78 is 0. The number of nitrogens with two attached hydrogens (primary N) is 1. The summed E-state index contributed by atoms with van der Waals surface area (Å²) in [6.45, 7) is 1.89. The third kappa shape index (κ3) is 1.96. The first-order chi connectivity index (χ1) is 10.6. The summed E-state index contributed by atoms with van der Waals surface area (Å²) in [6.07, 6.45) is 0. The Labute approximate surface area is 128 Å². The van der Waals surface area contributed by atoms with Crippen LogP contribution in [0.2, 0.25) is 0 Å². The molecule has 0 aliphatic rings. The van der Waals surface area contributed by atoms with Crippen LogP contribution in [-0.4, -0.2) is 24.9 Å². The monoisotopic (exact) mass is 312 g/mol. The Morgan fingerprint density at radius 2 is 1.95 bits per heavy atom. The highest BCUT2D eigenvalue weighted by molar-refractivity contribution is 7.99. The van der Waals surface area contributed by atoms with E-state index in [-0.39, 0.29) is 11.5 Å². The predicted octanol–water partition coefficient (Wildman–Crippen LogP) is 2.17. The molecule has 0 aliphatic heterocycles. The van der Waals surface area contributed by atoms with Crippen molar-refractivity contribution >= 4 is 39.8 Å². The largest absolute Gasteiger partial charge is 0.369 e. The molecule has 0 fully saturated rings. The molecule has 0 amide bonds. The van der Waals surface area contributed by atoms with Gasteiger partial charge < -0.3 is 15.7 Å². The van der Waals surface area contributed by atoms with Crippen molar-refractivity contribution in [1.29, 1.82) is 0 Å². The molecule has 5 N–H and O–H groups in total. The van der Waals surface area contributed by atoms with E-state index in [4.69, 9.17) is 5.73 Å². The van der Waals surface area contributed by atoms with E-state index in [0.29, 0.717) is 11.0 Å². The summed E-state index contributed by atoms with van der Waals surface area (Å²) in [5, 5.41) is 1.22. The second-order valence-corrected chi connectivity index (χ2v) is 5.91. The van der Waals surface area contributed by atoms with E-state index < -0.39 is 0 Å². The van der Waals surface area contributed by atoms with Crippen molar-refractivity contribution in [3.63, 3.8) is 0 Å². The lowest BCUT2D eigenvalue weighted by atomic mass is 10.3. The lowest BCUT2D eigenvalue weighted by Gasteiger charge is -1.97. The number of para-hydroxylation sites is 2. The van der Waals surface area contributed by atoms with Crippen molar-refractivity contribution in [1.82, 2.24) is 24.9 Å². The Morgan fingerprint density at radius 1 is 1.14 bits per heavy atom. The van der Waals surface area contributed by atoms with Gasteiger partial charge in [0.05, 0.1) is 21.3 Å². The summed E-state index contributed by atoms with van der Waals surface area (Å²) in [5.74, 6) is 0.0963. The van der Waals surface area contributed by atoms with Gasteiger partial charge in [-0.25, -0.2) is 4.98 Å². The summed E-state index contributed by atoms with van der Waals surface area (Å²) in [7, 11) is 0. The summed E-state index contributed by atoms with van der Waals surface area (Å²) in [6, 6.07) is 7.78. The zero-order valence-electron chi connectivity index (χ0n) is 11.6. The minimum absolute atomic E-state index is 0.0963. The molecule has 0 saturated carbocycles. The fourth-order valence-corrected chi connectivity index (χ4v) is 3.41. The molecule has 4 aromatic rings. The Hall–Kier alpha value is -2.74. The second kappa shape index (κ2) is 4.63. The molecule has 0 spiro atoms. The molecule has 0 radical (unpaired) electrons. The molecule has 22 heavy (non-hydrogen) atoms. The van der Waals surface area contributed by atoms with Gasteiger partial charge >= 0.3 is 0 Å². The van der Waals surface area contributed by atoms with Crippen molar-refractivity contribution in [3.05, 3.63) is 40.3 Å². The zero-order valence-corrected chi connectivity index (χ0v) is 12.4. The smallest absolute Gasteiger partial charge is 0.262 e. The zero-order chi connectivity index (χ0) is 15.3. The van der Waals surface area contributed by atoms with Crippen molar-refractivity contribution in [2.45, 2.75) is 17.0 Å². The Kier molecular flexibility index (Phi) is 2.73. The average Bonchev–Trinajstić information content (AvgIpc) is 3.00. The number of aromatic nitrogens is 5. The van der Waals surface area contributed by atoms with E-state index in [0.717, 1.165) is 26.8 Å². The molecule has 3 heterocycles. The van der Waals surface area contributed by atoms with Crippen LogP contribution >= 0.6 is 11.8 Å². The normalized spacial score (nSPS) is 11.5. The van der Waals surface area contributed by atoms with Gasteiger partial charge in [-0.3, -0.25) is 9.78 Å². The van der Waals surface area contributed by atoms with Gasteiger partial charge in [0.15, 0.2) is 5.16 Å². The average molecular weight is 312 g/mol. The van der Waals surface area contributed by atoms with Crippen LogP contribution < -0.4 is 11.3 Å². The maximum atomic E-state index is 12.2. The Morgan fingerprint density at radius 3 is 2.77 bits per heavy atom. The molecule has 8 heteroatoms. The topological polar surface area (TPSA) is 116 Å². The number of nitrogen functional groups attached to an aromatic ring is 1. The maximum absolute atomic E-state index is 12.2. The summed E-state index contributed by atoms with van der Waals surface area (Å²) in [4.78, 5) is 30.4. The minimum Gasteiger partial charge on any atom is -0.369 e. The highest BCUT2D eigenvalue weighted by Crippen LogP contribution is 2.33. The first-order valence-corrected chi connectivity index (χ1v) is 7.44. The molecule has 0 atom stereocenters. The van der Waals surface area contributed by atoms with Gasteiger partial charge in [0.1, 0.15) is 5.65 Å². The van der Waals surface area contributed by atoms with Gasteiger partial charge in [0.25, 0.3) is 5.56 Å². The van der Waals surface area contributed by atoms with E-state index in [2.05, 4.69) is 24.9 Å².